The predicted octanol–water partition coefficient (Wildman–Crippen LogP) is 8.77. The molecule has 0 saturated heterocycles. The van der Waals surface area contributed by atoms with Crippen LogP contribution in [0.4, 0.5) is 5.69 Å². The Bertz CT molecular complexity index is 2420. The lowest BCUT2D eigenvalue weighted by Crippen LogP contribution is -2.43. The molecule has 6 aromatic carbocycles. The minimum atomic E-state index is -0.393. The summed E-state index contributed by atoms with van der Waals surface area (Å²) in [7, 11) is 0. The second-order valence-electron chi connectivity index (χ2n) is 11.6. The first kappa shape index (κ1) is 26.3. The highest BCUT2D eigenvalue weighted by atomic mass is 15.5. The number of hydrogen-bond donors (Lipinski definition) is 2. The zero-order valence-electron chi connectivity index (χ0n) is 25.0. The normalized spacial score (nSPS) is 16.3. The summed E-state index contributed by atoms with van der Waals surface area (Å²) in [6.07, 6.45) is 1.16. The molecular weight excluding hydrogens is 564 g/mol. The van der Waals surface area contributed by atoms with Gasteiger partial charge in [0.25, 0.3) is 0 Å². The minimum absolute atomic E-state index is 0.328. The Balaban J connectivity index is 1.27. The third-order valence-electron chi connectivity index (χ3n) is 8.84. The lowest BCUT2D eigenvalue weighted by Gasteiger charge is -2.29. The van der Waals surface area contributed by atoms with Crippen molar-refractivity contribution >= 4 is 61.2 Å². The van der Waals surface area contributed by atoms with Crippen molar-refractivity contribution in [1.82, 2.24) is 9.24 Å². The fourth-order valence-corrected chi connectivity index (χ4v) is 6.79. The van der Waals surface area contributed by atoms with Crippen LogP contribution in [0.5, 0.6) is 0 Å². The number of hydrogen-bond acceptors (Lipinski definition) is 4. The summed E-state index contributed by atoms with van der Waals surface area (Å²) < 4.78 is 4.61. The minimum Gasteiger partial charge on any atom is -0.360 e. The molecule has 220 valence electrons. The highest BCUT2D eigenvalue weighted by Crippen LogP contribution is 2.40. The molecule has 6 nitrogen and oxygen atoms in total. The maximum atomic E-state index is 5.25. The van der Waals surface area contributed by atoms with Gasteiger partial charge in [0.1, 0.15) is 0 Å². The highest BCUT2D eigenvalue weighted by molar-refractivity contribution is 6.38. The monoisotopic (exact) mass is 594 g/mol. The second-order valence-corrected chi connectivity index (χ2v) is 11.6. The Kier molecular flexibility index (Phi) is 6.16. The van der Waals surface area contributed by atoms with Crippen LogP contribution in [0.2, 0.25) is 0 Å². The van der Waals surface area contributed by atoms with E-state index in [0.717, 1.165) is 33.7 Å². The maximum absolute atomic E-state index is 5.25. The molecule has 2 aromatic heterocycles. The molecule has 46 heavy (non-hydrogen) atoms. The molecule has 2 atom stereocenters. The van der Waals surface area contributed by atoms with Crippen molar-refractivity contribution in [3.8, 4) is 5.69 Å². The molecule has 1 aliphatic heterocycles. The first-order valence-electron chi connectivity index (χ1n) is 15.6. The smallest absolute Gasteiger partial charge is 0.173 e. The molecule has 0 spiro atoms. The van der Waals surface area contributed by atoms with Crippen molar-refractivity contribution in [2.24, 2.45) is 9.98 Å². The Hall–Kier alpha value is -6.14. The summed E-state index contributed by atoms with van der Waals surface area (Å²) in [5, 5.41) is 8.44. The number of benzene rings is 6. The van der Waals surface area contributed by atoms with Gasteiger partial charge in [0.15, 0.2) is 12.3 Å². The van der Waals surface area contributed by atoms with Gasteiger partial charge in [0.05, 0.1) is 27.8 Å². The van der Waals surface area contributed by atoms with Gasteiger partial charge in [-0.25, -0.2) is 0 Å². The van der Waals surface area contributed by atoms with E-state index in [9.17, 15) is 0 Å². The third-order valence-corrected chi connectivity index (χ3v) is 8.84. The molecule has 0 saturated carbocycles. The Morgan fingerprint density at radius 1 is 0.522 bits per heavy atom. The zero-order valence-corrected chi connectivity index (χ0v) is 25.0. The van der Waals surface area contributed by atoms with E-state index >= 15 is 0 Å². The van der Waals surface area contributed by atoms with E-state index in [4.69, 9.17) is 9.98 Å². The van der Waals surface area contributed by atoms with Gasteiger partial charge < -0.3 is 9.88 Å². The first-order valence-corrected chi connectivity index (χ1v) is 15.6. The Labute approximate surface area is 265 Å². The summed E-state index contributed by atoms with van der Waals surface area (Å²) in [6, 6.07) is 52.9. The average molecular weight is 595 g/mol. The fraction of sp³-hybridized carbons (Fsp3) is 0.0500. The largest absolute Gasteiger partial charge is 0.360 e. The van der Waals surface area contributed by atoms with Crippen LogP contribution >= 0.6 is 0 Å². The van der Waals surface area contributed by atoms with Crippen LogP contribution < -0.4 is 10.7 Å². The SMILES string of the molecule is C1=NC(Nc2ccccc2)C(Nn2c3ccccc3c3c2ccc2c4ccccc4n(-c4ccccc4)c23)N=C1c1ccccc1. The fourth-order valence-electron chi connectivity index (χ4n) is 6.79. The maximum Gasteiger partial charge on any atom is 0.173 e. The molecule has 8 aromatic rings. The summed E-state index contributed by atoms with van der Waals surface area (Å²) >= 11 is 0. The van der Waals surface area contributed by atoms with Gasteiger partial charge in [-0.2, -0.15) is 0 Å². The van der Waals surface area contributed by atoms with Gasteiger partial charge in [-0.1, -0.05) is 109 Å². The van der Waals surface area contributed by atoms with E-state index in [-0.39, 0.29) is 6.17 Å². The molecule has 6 heteroatoms. The van der Waals surface area contributed by atoms with Crippen LogP contribution in [0, 0.1) is 0 Å². The second kappa shape index (κ2) is 10.8. The molecule has 2 N–H and O–H groups in total. The van der Waals surface area contributed by atoms with Crippen molar-refractivity contribution in [1.29, 1.82) is 0 Å². The number of anilines is 1. The number of nitrogens with one attached hydrogen (secondary N) is 2. The molecule has 0 radical (unpaired) electrons. The van der Waals surface area contributed by atoms with Crippen molar-refractivity contribution in [3.05, 3.63) is 157 Å². The van der Waals surface area contributed by atoms with Gasteiger partial charge in [-0.05, 0) is 42.5 Å². The van der Waals surface area contributed by atoms with E-state index in [1.165, 1.54) is 32.6 Å². The van der Waals surface area contributed by atoms with Crippen LogP contribution in [0.15, 0.2) is 162 Å². The molecule has 0 amide bonds. The summed E-state index contributed by atoms with van der Waals surface area (Å²) in [6.45, 7) is 0. The summed E-state index contributed by atoms with van der Waals surface area (Å²) in [5.74, 6) is 0. The van der Waals surface area contributed by atoms with E-state index in [1.54, 1.807) is 0 Å². The number of fused-ring (bicyclic) bond motifs is 7. The van der Waals surface area contributed by atoms with Crippen molar-refractivity contribution in [2.75, 3.05) is 10.7 Å². The van der Waals surface area contributed by atoms with Gasteiger partial charge in [-0.3, -0.25) is 20.1 Å². The van der Waals surface area contributed by atoms with E-state index in [0.29, 0.717) is 0 Å². The third kappa shape index (κ3) is 4.26. The number of nitrogens with zero attached hydrogens (tertiary/aromatic N) is 4. The van der Waals surface area contributed by atoms with E-state index in [2.05, 4.69) is 135 Å². The molecule has 3 heterocycles. The number of para-hydroxylation sites is 4. The van der Waals surface area contributed by atoms with Gasteiger partial charge in [0.2, 0.25) is 0 Å². The molecule has 9 rings (SSSR count). The predicted molar refractivity (Wildman–Crippen MR) is 192 cm³/mol. The first-order chi connectivity index (χ1) is 22.8. The van der Waals surface area contributed by atoms with Crippen molar-refractivity contribution in [3.63, 3.8) is 0 Å². The molecule has 1 aliphatic rings. The van der Waals surface area contributed by atoms with Crippen LogP contribution in [0.3, 0.4) is 0 Å². The quantitative estimate of drug-likeness (QED) is 0.202. The molecular formula is C40H30N6. The Morgan fingerprint density at radius 3 is 1.96 bits per heavy atom. The molecule has 2 unspecified atom stereocenters. The van der Waals surface area contributed by atoms with Gasteiger partial charge >= 0.3 is 0 Å². The highest BCUT2D eigenvalue weighted by Gasteiger charge is 2.27. The zero-order chi connectivity index (χ0) is 30.5. The molecule has 0 aliphatic carbocycles. The Morgan fingerprint density at radius 2 is 1.17 bits per heavy atom. The van der Waals surface area contributed by atoms with Crippen LogP contribution in [-0.4, -0.2) is 33.5 Å². The average Bonchev–Trinajstić information content (AvgIpc) is 3.63. The van der Waals surface area contributed by atoms with Crippen LogP contribution in [-0.2, 0) is 0 Å². The van der Waals surface area contributed by atoms with Crippen LogP contribution in [0.25, 0.3) is 49.3 Å². The standard InChI is InChI=1S/C40H30N6/c1-4-14-27(15-5-1)33-26-41-39(42-28-16-6-2-7-17-28)40(43-33)44-46-35-23-13-11-21-32(35)37-36(46)25-24-31-30-20-10-12-22-34(30)45(38(31)37)29-18-8-3-9-19-29/h1-26,39-40,42,44H. The van der Waals surface area contributed by atoms with Crippen LogP contribution in [0.1, 0.15) is 5.56 Å². The van der Waals surface area contributed by atoms with E-state index < -0.39 is 6.17 Å². The number of aromatic nitrogens is 2. The summed E-state index contributed by atoms with van der Waals surface area (Å²) in [5.41, 5.74) is 12.4. The lowest BCUT2D eigenvalue weighted by molar-refractivity contribution is 0.584. The number of aliphatic imine (C=N–C) groups is 2. The topological polar surface area (TPSA) is 58.6 Å². The molecule has 0 bridgehead atoms. The van der Waals surface area contributed by atoms with Crippen molar-refractivity contribution < 1.29 is 0 Å². The van der Waals surface area contributed by atoms with Gasteiger partial charge in [0, 0.05) is 44.7 Å². The van der Waals surface area contributed by atoms with E-state index in [1.807, 2.05) is 42.6 Å². The molecule has 0 fully saturated rings. The number of rotatable bonds is 6. The van der Waals surface area contributed by atoms with Gasteiger partial charge in [-0.15, -0.1) is 0 Å². The van der Waals surface area contributed by atoms with Crippen molar-refractivity contribution in [2.45, 2.75) is 12.3 Å². The lowest BCUT2D eigenvalue weighted by atomic mass is 10.1. The summed E-state index contributed by atoms with van der Waals surface area (Å²) in [4.78, 5) is 10.2.